The van der Waals surface area contributed by atoms with Crippen LogP contribution >= 0.6 is 12.2 Å². The van der Waals surface area contributed by atoms with E-state index in [0.717, 1.165) is 0 Å². The van der Waals surface area contributed by atoms with Crippen LogP contribution in [0.2, 0.25) is 0 Å². The minimum absolute atomic E-state index is 0.0463. The van der Waals surface area contributed by atoms with E-state index in [2.05, 4.69) is 18.8 Å². The van der Waals surface area contributed by atoms with Crippen LogP contribution < -0.4 is 5.73 Å². The standard InChI is InChI=1S/C3H5NOS/c1-2(5)3(4)6/h5H,1H2,(H2,4,6). The second-order valence-electron chi connectivity index (χ2n) is 0.811. The first kappa shape index (κ1) is 5.43. The molecule has 3 heteroatoms. The van der Waals surface area contributed by atoms with Gasteiger partial charge in [0.2, 0.25) is 0 Å². The van der Waals surface area contributed by atoms with E-state index in [0.29, 0.717) is 0 Å². The van der Waals surface area contributed by atoms with Crippen LogP contribution in [0.25, 0.3) is 0 Å². The Balaban J connectivity index is 3.57. The third-order valence-corrected chi connectivity index (χ3v) is 0.520. The van der Waals surface area contributed by atoms with Crippen molar-refractivity contribution in [3.05, 3.63) is 12.3 Å². The average Bonchev–Trinajstić information content (AvgIpc) is 1.36. The lowest BCUT2D eigenvalue weighted by atomic mass is 10.6. The van der Waals surface area contributed by atoms with Crippen molar-refractivity contribution in [1.29, 1.82) is 0 Å². The third-order valence-electron chi connectivity index (χ3n) is 0.284. The molecule has 0 heterocycles. The van der Waals surface area contributed by atoms with Gasteiger partial charge in [0.05, 0.1) is 0 Å². The molecule has 0 aromatic heterocycles. The molecule has 0 rings (SSSR count). The summed E-state index contributed by atoms with van der Waals surface area (Å²) in [6, 6.07) is 0. The van der Waals surface area contributed by atoms with Crippen molar-refractivity contribution in [2.45, 2.75) is 0 Å². The molecule has 0 atom stereocenters. The number of aliphatic hydroxyl groups is 1. The van der Waals surface area contributed by atoms with Crippen LogP contribution in [0.3, 0.4) is 0 Å². The maximum absolute atomic E-state index is 8.17. The van der Waals surface area contributed by atoms with Crippen LogP contribution in [0, 0.1) is 0 Å². The normalized spacial score (nSPS) is 7.33. The Morgan fingerprint density at radius 1 is 1.83 bits per heavy atom. The zero-order valence-electron chi connectivity index (χ0n) is 3.14. The smallest absolute Gasteiger partial charge is 0.142 e. The summed E-state index contributed by atoms with van der Waals surface area (Å²) in [5.74, 6) is -0.231. The van der Waals surface area contributed by atoms with Gasteiger partial charge in [-0.15, -0.1) is 0 Å². The molecule has 2 nitrogen and oxygen atoms in total. The molecular formula is C3H5NOS. The Kier molecular flexibility index (Phi) is 1.60. The highest BCUT2D eigenvalue weighted by Gasteiger charge is 1.84. The molecule has 0 unspecified atom stereocenters. The summed E-state index contributed by atoms with van der Waals surface area (Å²) in [5.41, 5.74) is 4.82. The fourth-order valence-electron chi connectivity index (χ4n) is 0. The lowest BCUT2D eigenvalue weighted by molar-refractivity contribution is 0.447. The van der Waals surface area contributed by atoms with Crippen molar-refractivity contribution < 1.29 is 5.11 Å². The van der Waals surface area contributed by atoms with Crippen LogP contribution in [-0.2, 0) is 0 Å². The summed E-state index contributed by atoms with van der Waals surface area (Å²) >= 11 is 4.25. The molecule has 0 spiro atoms. The van der Waals surface area contributed by atoms with Gasteiger partial charge in [0, 0.05) is 0 Å². The molecule has 0 aliphatic carbocycles. The molecule has 0 aliphatic rings. The van der Waals surface area contributed by atoms with Crippen molar-refractivity contribution >= 4 is 17.2 Å². The Hall–Kier alpha value is -0.570. The SMILES string of the molecule is C=C(O)C(N)=S. The lowest BCUT2D eigenvalue weighted by Crippen LogP contribution is -2.08. The number of nitrogens with two attached hydrogens (primary N) is 1. The summed E-state index contributed by atoms with van der Waals surface area (Å²) in [7, 11) is 0. The molecule has 0 aliphatic heterocycles. The topological polar surface area (TPSA) is 46.2 Å². The van der Waals surface area contributed by atoms with E-state index in [1.807, 2.05) is 0 Å². The van der Waals surface area contributed by atoms with E-state index in [1.165, 1.54) is 0 Å². The van der Waals surface area contributed by atoms with Crippen LogP contribution in [0.5, 0.6) is 0 Å². The van der Waals surface area contributed by atoms with E-state index in [-0.39, 0.29) is 10.7 Å². The van der Waals surface area contributed by atoms with Gasteiger partial charge in [0.15, 0.2) is 0 Å². The van der Waals surface area contributed by atoms with Crippen LogP contribution in [0.15, 0.2) is 12.3 Å². The fraction of sp³-hybridized carbons (Fsp3) is 0. The van der Waals surface area contributed by atoms with E-state index in [4.69, 9.17) is 10.8 Å². The lowest BCUT2D eigenvalue weighted by Gasteiger charge is -1.85. The van der Waals surface area contributed by atoms with Crippen molar-refractivity contribution in [2.24, 2.45) is 5.73 Å². The zero-order chi connectivity index (χ0) is 5.15. The Morgan fingerprint density at radius 3 is 2.00 bits per heavy atom. The zero-order valence-corrected chi connectivity index (χ0v) is 3.96. The molecule has 0 saturated heterocycles. The van der Waals surface area contributed by atoms with E-state index in [1.54, 1.807) is 0 Å². The summed E-state index contributed by atoms with van der Waals surface area (Å²) < 4.78 is 0. The molecule has 0 saturated carbocycles. The second-order valence-corrected chi connectivity index (χ2v) is 1.25. The van der Waals surface area contributed by atoms with Gasteiger partial charge in [-0.3, -0.25) is 0 Å². The van der Waals surface area contributed by atoms with E-state index in [9.17, 15) is 0 Å². The fourth-order valence-corrected chi connectivity index (χ4v) is 0. The number of hydrogen-bond donors (Lipinski definition) is 2. The molecule has 0 amide bonds. The molecule has 0 radical (unpaired) electrons. The highest BCUT2D eigenvalue weighted by atomic mass is 32.1. The predicted molar refractivity (Wildman–Crippen MR) is 28.6 cm³/mol. The monoisotopic (exact) mass is 103 g/mol. The number of hydrogen-bond acceptors (Lipinski definition) is 2. The van der Waals surface area contributed by atoms with Crippen molar-refractivity contribution in [1.82, 2.24) is 0 Å². The molecule has 3 N–H and O–H groups in total. The largest absolute Gasteiger partial charge is 0.506 e. The predicted octanol–water partition coefficient (Wildman–Crippen LogP) is 0.344. The first-order valence-corrected chi connectivity index (χ1v) is 1.73. The van der Waals surface area contributed by atoms with Gasteiger partial charge in [-0.1, -0.05) is 18.8 Å². The maximum atomic E-state index is 8.17. The third kappa shape index (κ3) is 1.72. The van der Waals surface area contributed by atoms with E-state index < -0.39 is 0 Å². The van der Waals surface area contributed by atoms with Gasteiger partial charge in [-0.05, 0) is 0 Å². The second kappa shape index (κ2) is 1.77. The Morgan fingerprint density at radius 2 is 2.00 bits per heavy atom. The Labute approximate surface area is 41.3 Å². The highest BCUT2D eigenvalue weighted by Crippen LogP contribution is 1.77. The highest BCUT2D eigenvalue weighted by molar-refractivity contribution is 7.80. The average molecular weight is 103 g/mol. The molecule has 0 aromatic rings. The van der Waals surface area contributed by atoms with Crippen molar-refractivity contribution in [2.75, 3.05) is 0 Å². The van der Waals surface area contributed by atoms with Gasteiger partial charge in [0.25, 0.3) is 0 Å². The summed E-state index contributed by atoms with van der Waals surface area (Å²) in [6.45, 7) is 3.04. The van der Waals surface area contributed by atoms with Crippen molar-refractivity contribution in [3.8, 4) is 0 Å². The van der Waals surface area contributed by atoms with Gasteiger partial charge in [-0.2, -0.15) is 0 Å². The van der Waals surface area contributed by atoms with Gasteiger partial charge >= 0.3 is 0 Å². The summed E-state index contributed by atoms with van der Waals surface area (Å²) in [4.78, 5) is -0.0463. The molecule has 0 aromatic carbocycles. The summed E-state index contributed by atoms with van der Waals surface area (Å²) in [5, 5.41) is 8.17. The van der Waals surface area contributed by atoms with E-state index >= 15 is 0 Å². The summed E-state index contributed by atoms with van der Waals surface area (Å²) in [6.07, 6.45) is 0. The number of thiocarbonyl (C=S) groups is 1. The number of rotatable bonds is 1. The molecule has 0 fully saturated rings. The molecule has 6 heavy (non-hydrogen) atoms. The molecule has 34 valence electrons. The first-order valence-electron chi connectivity index (χ1n) is 1.32. The molecular weight excluding hydrogens is 98.1 g/mol. The minimum atomic E-state index is -0.231. The maximum Gasteiger partial charge on any atom is 0.142 e. The van der Waals surface area contributed by atoms with Crippen LogP contribution in [0.4, 0.5) is 0 Å². The van der Waals surface area contributed by atoms with Gasteiger partial charge in [0.1, 0.15) is 10.7 Å². The quantitative estimate of drug-likeness (QED) is 0.286. The Bertz CT molecular complexity index is 76.8. The minimum Gasteiger partial charge on any atom is -0.506 e. The van der Waals surface area contributed by atoms with Gasteiger partial charge in [-0.25, -0.2) is 0 Å². The number of aliphatic hydroxyl groups excluding tert-OH is 1. The van der Waals surface area contributed by atoms with Crippen molar-refractivity contribution in [3.63, 3.8) is 0 Å². The first-order chi connectivity index (χ1) is 2.64. The van der Waals surface area contributed by atoms with Crippen LogP contribution in [0.1, 0.15) is 0 Å². The van der Waals surface area contributed by atoms with Gasteiger partial charge < -0.3 is 10.8 Å². The van der Waals surface area contributed by atoms with Crippen LogP contribution in [-0.4, -0.2) is 10.1 Å². The molecule has 0 bridgehead atoms.